The van der Waals surface area contributed by atoms with Gasteiger partial charge in [0.2, 0.25) is 0 Å². The fraction of sp³-hybridized carbons (Fsp3) is 0.556. The summed E-state index contributed by atoms with van der Waals surface area (Å²) in [6.07, 6.45) is 7.28. The van der Waals surface area contributed by atoms with Crippen molar-refractivity contribution in [3.05, 3.63) is 22.7 Å². The Bertz CT molecular complexity index is 663. The van der Waals surface area contributed by atoms with Crippen LogP contribution in [0.1, 0.15) is 51.4 Å². The van der Waals surface area contributed by atoms with Gasteiger partial charge in [-0.2, -0.15) is 0 Å². The number of hydrogen-bond acceptors (Lipinski definition) is 6. The number of rotatable bonds is 4. The molecule has 8 heteroatoms. The van der Waals surface area contributed by atoms with Crippen LogP contribution in [0.2, 0.25) is 0 Å². The molecule has 0 aromatic rings. The van der Waals surface area contributed by atoms with Gasteiger partial charge in [-0.05, 0) is 25.7 Å². The molecule has 3 rings (SSSR count). The van der Waals surface area contributed by atoms with Gasteiger partial charge >= 0.3 is 0 Å². The van der Waals surface area contributed by atoms with Crippen LogP contribution in [0.5, 0.6) is 0 Å². The molecule has 8 nitrogen and oxygen atoms in total. The molecule has 6 N–H and O–H groups in total. The molecule has 140 valence electrons. The number of aliphatic hydroxyl groups excluding tert-OH is 2. The molecular formula is C18H24N4O4. The lowest BCUT2D eigenvalue weighted by atomic mass is 9.90. The molecule has 0 radical (unpaired) electrons. The van der Waals surface area contributed by atoms with Crippen molar-refractivity contribution in [3.63, 3.8) is 0 Å². The van der Waals surface area contributed by atoms with E-state index in [4.69, 9.17) is 10.8 Å². The average molecular weight is 360 g/mol. The Hall–Kier alpha value is -2.64. The van der Waals surface area contributed by atoms with Gasteiger partial charge in [-0.25, -0.2) is 0 Å². The Morgan fingerprint density at radius 3 is 1.35 bits per heavy atom. The predicted molar refractivity (Wildman–Crippen MR) is 95.6 cm³/mol. The quantitative estimate of drug-likeness (QED) is 0.424. The third-order valence-electron chi connectivity index (χ3n) is 5.28. The van der Waals surface area contributed by atoms with Crippen LogP contribution in [0.4, 0.5) is 0 Å². The molecule has 2 saturated carbocycles. The van der Waals surface area contributed by atoms with Crippen molar-refractivity contribution in [2.45, 2.75) is 63.5 Å². The SMILES string of the molecule is N=C1C(O)=C(C(=O)NC2CCCC2)C(=N)C(O)=C1C(=O)NC1CCCC1. The molecule has 2 amide bonds. The van der Waals surface area contributed by atoms with E-state index in [2.05, 4.69) is 10.6 Å². The van der Waals surface area contributed by atoms with Crippen LogP contribution in [-0.4, -0.2) is 45.5 Å². The number of nitrogens with one attached hydrogen (secondary N) is 4. The van der Waals surface area contributed by atoms with Gasteiger partial charge in [0.1, 0.15) is 22.6 Å². The summed E-state index contributed by atoms with van der Waals surface area (Å²) in [4.78, 5) is 24.8. The smallest absolute Gasteiger partial charge is 0.257 e. The number of allylic oxidation sites excluding steroid dienone is 2. The van der Waals surface area contributed by atoms with Crippen LogP contribution in [0.3, 0.4) is 0 Å². The van der Waals surface area contributed by atoms with Gasteiger partial charge in [-0.3, -0.25) is 20.4 Å². The van der Waals surface area contributed by atoms with Crippen molar-refractivity contribution in [3.8, 4) is 0 Å². The first kappa shape index (κ1) is 18.2. The Morgan fingerprint density at radius 1 is 0.731 bits per heavy atom. The van der Waals surface area contributed by atoms with Crippen LogP contribution in [0.25, 0.3) is 0 Å². The molecule has 0 aromatic heterocycles. The largest absolute Gasteiger partial charge is 0.505 e. The van der Waals surface area contributed by atoms with Gasteiger partial charge in [-0.15, -0.1) is 0 Å². The maximum atomic E-state index is 12.4. The molecule has 26 heavy (non-hydrogen) atoms. The number of carbonyl (C=O) groups is 2. The summed E-state index contributed by atoms with van der Waals surface area (Å²) in [6.45, 7) is 0. The first-order valence-corrected chi connectivity index (χ1v) is 9.07. The van der Waals surface area contributed by atoms with Gasteiger partial charge in [0.05, 0.1) is 0 Å². The third-order valence-corrected chi connectivity index (χ3v) is 5.28. The van der Waals surface area contributed by atoms with E-state index in [0.29, 0.717) is 0 Å². The highest BCUT2D eigenvalue weighted by Crippen LogP contribution is 2.26. The predicted octanol–water partition coefficient (Wildman–Crippen LogP) is 1.78. The number of carbonyl (C=O) groups excluding carboxylic acids is 2. The summed E-state index contributed by atoms with van der Waals surface area (Å²) in [5.41, 5.74) is -2.19. The second-order valence-electron chi connectivity index (χ2n) is 7.11. The minimum Gasteiger partial charge on any atom is -0.505 e. The Balaban J connectivity index is 1.79. The number of hydrogen-bond donors (Lipinski definition) is 6. The van der Waals surface area contributed by atoms with E-state index in [1.54, 1.807) is 0 Å². The lowest BCUT2D eigenvalue weighted by Gasteiger charge is -2.23. The zero-order valence-electron chi connectivity index (χ0n) is 14.5. The van der Waals surface area contributed by atoms with E-state index < -0.39 is 45.9 Å². The van der Waals surface area contributed by atoms with Crippen LogP contribution < -0.4 is 10.6 Å². The van der Waals surface area contributed by atoms with E-state index in [0.717, 1.165) is 51.4 Å². The Morgan fingerprint density at radius 2 is 1.04 bits per heavy atom. The van der Waals surface area contributed by atoms with E-state index >= 15 is 0 Å². The molecule has 2 fully saturated rings. The van der Waals surface area contributed by atoms with Crippen molar-refractivity contribution >= 4 is 23.2 Å². The van der Waals surface area contributed by atoms with E-state index in [1.165, 1.54) is 0 Å². The van der Waals surface area contributed by atoms with Crippen LogP contribution in [-0.2, 0) is 9.59 Å². The summed E-state index contributed by atoms with van der Waals surface area (Å²) in [5, 5.41) is 42.0. The fourth-order valence-corrected chi connectivity index (χ4v) is 3.82. The third kappa shape index (κ3) is 3.36. The van der Waals surface area contributed by atoms with Crippen molar-refractivity contribution in [1.29, 1.82) is 10.8 Å². The number of aliphatic hydroxyl groups is 2. The standard InChI is InChI=1S/C18H24N4O4/c19-13-11(17(25)21-9-5-1-2-6-9)15(23)14(20)12(16(13)24)18(26)22-10-7-3-4-8-10/h9-10,19-20,23-24H,1-8H2,(H,21,25)(H,22,26). The first-order chi connectivity index (χ1) is 12.4. The molecule has 3 aliphatic carbocycles. The number of amides is 2. The van der Waals surface area contributed by atoms with Gasteiger partial charge in [0.15, 0.2) is 11.5 Å². The molecule has 3 aliphatic rings. The highest BCUT2D eigenvalue weighted by Gasteiger charge is 2.38. The van der Waals surface area contributed by atoms with E-state index in [-0.39, 0.29) is 12.1 Å². The van der Waals surface area contributed by atoms with E-state index in [1.807, 2.05) is 0 Å². The van der Waals surface area contributed by atoms with Gasteiger partial charge in [0, 0.05) is 12.1 Å². The highest BCUT2D eigenvalue weighted by molar-refractivity contribution is 6.40. The van der Waals surface area contributed by atoms with Crippen LogP contribution in [0.15, 0.2) is 22.7 Å². The summed E-state index contributed by atoms with van der Waals surface area (Å²) in [6, 6.07) is -0.0778. The lowest BCUT2D eigenvalue weighted by Crippen LogP contribution is -2.42. The van der Waals surface area contributed by atoms with Crippen molar-refractivity contribution < 1.29 is 19.8 Å². The van der Waals surface area contributed by atoms with Gasteiger partial charge < -0.3 is 20.8 Å². The minimum atomic E-state index is -0.750. The van der Waals surface area contributed by atoms with Gasteiger partial charge in [-0.1, -0.05) is 25.7 Å². The van der Waals surface area contributed by atoms with Crippen molar-refractivity contribution in [2.24, 2.45) is 0 Å². The Labute approximate surface area is 151 Å². The zero-order valence-corrected chi connectivity index (χ0v) is 14.5. The second kappa shape index (κ2) is 7.31. The molecule has 0 atom stereocenters. The lowest BCUT2D eigenvalue weighted by molar-refractivity contribution is -0.119. The monoisotopic (exact) mass is 360 g/mol. The topological polar surface area (TPSA) is 146 Å². The zero-order chi connectivity index (χ0) is 18.8. The fourth-order valence-electron chi connectivity index (χ4n) is 3.82. The summed E-state index contributed by atoms with van der Waals surface area (Å²) < 4.78 is 0. The second-order valence-corrected chi connectivity index (χ2v) is 7.11. The van der Waals surface area contributed by atoms with E-state index in [9.17, 15) is 19.8 Å². The molecule has 0 aromatic carbocycles. The van der Waals surface area contributed by atoms with Crippen molar-refractivity contribution in [2.75, 3.05) is 0 Å². The molecule has 0 unspecified atom stereocenters. The summed E-state index contributed by atoms with van der Waals surface area (Å²) in [7, 11) is 0. The highest BCUT2D eigenvalue weighted by atomic mass is 16.3. The molecule has 0 heterocycles. The summed E-state index contributed by atoms with van der Waals surface area (Å²) >= 11 is 0. The van der Waals surface area contributed by atoms with Crippen LogP contribution >= 0.6 is 0 Å². The average Bonchev–Trinajstić information content (AvgIpc) is 3.27. The maximum absolute atomic E-state index is 12.4. The van der Waals surface area contributed by atoms with Gasteiger partial charge in [0.25, 0.3) is 11.8 Å². The summed E-state index contributed by atoms with van der Waals surface area (Å²) in [5.74, 6) is -2.91. The Kier molecular flexibility index (Phi) is 5.11. The first-order valence-electron chi connectivity index (χ1n) is 9.07. The minimum absolute atomic E-state index is 0.0389. The van der Waals surface area contributed by atoms with Crippen molar-refractivity contribution in [1.82, 2.24) is 10.6 Å². The molecule has 0 aliphatic heterocycles. The molecular weight excluding hydrogens is 336 g/mol. The molecule has 0 bridgehead atoms. The molecule has 0 spiro atoms. The maximum Gasteiger partial charge on any atom is 0.257 e. The normalized spacial score (nSPS) is 22.3. The molecule has 0 saturated heterocycles. The van der Waals surface area contributed by atoms with Crippen LogP contribution in [0, 0.1) is 10.8 Å².